The van der Waals surface area contributed by atoms with Gasteiger partial charge in [0.1, 0.15) is 11.4 Å². The summed E-state index contributed by atoms with van der Waals surface area (Å²) < 4.78 is 19.2. The van der Waals surface area contributed by atoms with Gasteiger partial charge in [-0.1, -0.05) is 50.3 Å². The Kier molecular flexibility index (Phi) is 10.3. The fourth-order valence-electron chi connectivity index (χ4n) is 4.37. The van der Waals surface area contributed by atoms with E-state index in [9.17, 15) is 9.18 Å². The molecule has 1 aliphatic carbocycles. The third-order valence-electron chi connectivity index (χ3n) is 6.17. The highest BCUT2D eigenvalue weighted by molar-refractivity contribution is 5.91. The van der Waals surface area contributed by atoms with Crippen molar-refractivity contribution in [2.75, 3.05) is 27.4 Å². The van der Waals surface area contributed by atoms with Crippen LogP contribution in [0.2, 0.25) is 0 Å². The van der Waals surface area contributed by atoms with Crippen molar-refractivity contribution in [1.82, 2.24) is 15.5 Å². The minimum Gasteiger partial charge on any atom is -0.370 e. The highest BCUT2D eigenvalue weighted by Crippen LogP contribution is 2.35. The number of rotatable bonds is 10. The number of likely N-dealkylation sites (N-methyl/N-ethyl adjacent to an activating group) is 1. The average Bonchev–Trinajstić information content (AvgIpc) is 3.00. The first-order valence-electron chi connectivity index (χ1n) is 11.5. The number of hydrogen-bond donors (Lipinski definition) is 2. The molecule has 34 heavy (non-hydrogen) atoms. The van der Waals surface area contributed by atoms with Gasteiger partial charge >= 0.3 is 0 Å². The Morgan fingerprint density at radius 2 is 2.06 bits per heavy atom. The molecule has 2 aliphatic rings. The van der Waals surface area contributed by atoms with Gasteiger partial charge in [-0.2, -0.15) is 0 Å². The molecule has 1 amide bonds. The van der Waals surface area contributed by atoms with Gasteiger partial charge < -0.3 is 15.0 Å². The molecule has 0 bridgehead atoms. The van der Waals surface area contributed by atoms with Crippen LogP contribution in [0.5, 0.6) is 0 Å². The van der Waals surface area contributed by atoms with Crippen LogP contribution in [0, 0.1) is 12.8 Å². The molecule has 1 atom stereocenters. The molecule has 0 spiro atoms. The lowest BCUT2D eigenvalue weighted by atomic mass is 9.86. The summed E-state index contributed by atoms with van der Waals surface area (Å²) in [6.45, 7) is 7.70. The zero-order valence-corrected chi connectivity index (χ0v) is 20.5. The van der Waals surface area contributed by atoms with E-state index >= 15 is 0 Å². The van der Waals surface area contributed by atoms with Crippen molar-refractivity contribution in [2.24, 2.45) is 0 Å². The summed E-state index contributed by atoms with van der Waals surface area (Å²) >= 11 is 0. The Morgan fingerprint density at radius 3 is 2.74 bits per heavy atom. The molecule has 0 radical (unpaired) electrons. The Morgan fingerprint density at radius 1 is 1.29 bits per heavy atom. The molecule has 5 nitrogen and oxygen atoms in total. The summed E-state index contributed by atoms with van der Waals surface area (Å²) in [5.41, 5.74) is 4.11. The van der Waals surface area contributed by atoms with Gasteiger partial charge in [0.25, 0.3) is 0 Å². The molecule has 3 rings (SSSR count). The van der Waals surface area contributed by atoms with E-state index in [1.54, 1.807) is 20.2 Å². The van der Waals surface area contributed by atoms with E-state index in [-0.39, 0.29) is 18.5 Å². The van der Waals surface area contributed by atoms with Gasteiger partial charge in [-0.05, 0) is 48.1 Å². The van der Waals surface area contributed by atoms with E-state index in [0.29, 0.717) is 25.1 Å². The number of fused-ring (bicyclic) bond motifs is 1. The lowest BCUT2D eigenvalue weighted by Gasteiger charge is -2.38. The molecule has 0 saturated carbocycles. The number of allylic oxidation sites excluding steroid dienone is 4. The Hall–Kier alpha value is -3.14. The highest BCUT2D eigenvalue weighted by Gasteiger charge is 2.43. The maximum Gasteiger partial charge on any atom is 0.246 e. The average molecular weight is 466 g/mol. The van der Waals surface area contributed by atoms with E-state index in [2.05, 4.69) is 60.1 Å². The van der Waals surface area contributed by atoms with Gasteiger partial charge in [-0.3, -0.25) is 10.1 Å². The molecule has 0 aromatic heterocycles. The monoisotopic (exact) mass is 465 g/mol. The molecule has 1 aromatic rings. The molecule has 1 aliphatic heterocycles. The lowest BCUT2D eigenvalue weighted by molar-refractivity contribution is -0.126. The van der Waals surface area contributed by atoms with Crippen molar-refractivity contribution >= 4 is 11.6 Å². The third kappa shape index (κ3) is 6.05. The van der Waals surface area contributed by atoms with Gasteiger partial charge in [0.05, 0.1) is 6.73 Å². The van der Waals surface area contributed by atoms with Crippen LogP contribution < -0.4 is 10.6 Å². The maximum absolute atomic E-state index is 13.9. The number of halogens is 1. The predicted octanol–water partition coefficient (Wildman–Crippen LogP) is 4.48. The summed E-state index contributed by atoms with van der Waals surface area (Å²) in [4.78, 5) is 15.4. The summed E-state index contributed by atoms with van der Waals surface area (Å²) in [5.74, 6) is -0.522. The van der Waals surface area contributed by atoms with Crippen LogP contribution in [-0.4, -0.2) is 43.8 Å². The maximum atomic E-state index is 13.9. The van der Waals surface area contributed by atoms with Gasteiger partial charge in [0.2, 0.25) is 5.91 Å². The number of nitrogens with zero attached hydrogens (tertiary/aromatic N) is 1. The Bertz CT molecular complexity index is 993. The van der Waals surface area contributed by atoms with Crippen LogP contribution in [0.25, 0.3) is 5.70 Å². The number of unbranched alkanes of at least 4 members (excludes halogenated alkanes) is 1. The molecular formula is C28H36FN3O2. The van der Waals surface area contributed by atoms with E-state index in [1.165, 1.54) is 23.3 Å². The fourth-order valence-corrected chi connectivity index (χ4v) is 4.37. The standard InChI is InChI=1S/C26H34FN3O2.C2H2/c1-5-6-8-20-11-14-24-19(2)30(16-21(24)15-20)17-26(25(31)28-3,29-18-32-4)22-9-7-10-23(27)13-12-22;1-2/h9-15,29H,2,5-8,16-18H2,1,3-4H3,(H,28,31);1-2H/t26-;/m0./s1. The van der Waals surface area contributed by atoms with Gasteiger partial charge in [-0.25, -0.2) is 4.39 Å². The number of carbonyl (C=O) groups excluding carboxylic acids is 1. The number of hydrogen-bond acceptors (Lipinski definition) is 4. The first kappa shape index (κ1) is 27.1. The first-order valence-corrected chi connectivity index (χ1v) is 11.5. The molecular weight excluding hydrogens is 429 g/mol. The van der Waals surface area contributed by atoms with Gasteiger partial charge in [0, 0.05) is 38.5 Å². The molecule has 1 aromatic carbocycles. The summed E-state index contributed by atoms with van der Waals surface area (Å²) in [5, 5.41) is 6.06. The topological polar surface area (TPSA) is 53.6 Å². The van der Waals surface area contributed by atoms with Gasteiger partial charge in [-0.15, -0.1) is 12.8 Å². The molecule has 0 fully saturated rings. The lowest BCUT2D eigenvalue weighted by Crippen LogP contribution is -2.62. The number of terminal acetylenes is 1. The molecule has 0 unspecified atom stereocenters. The second kappa shape index (κ2) is 12.9. The van der Waals surface area contributed by atoms with E-state index < -0.39 is 5.54 Å². The Labute approximate surface area is 203 Å². The molecule has 2 N–H and O–H groups in total. The number of ether oxygens (including phenoxy) is 1. The Balaban J connectivity index is 0.00000199. The van der Waals surface area contributed by atoms with Crippen LogP contribution in [0.15, 0.2) is 60.5 Å². The first-order chi connectivity index (χ1) is 16.4. The largest absolute Gasteiger partial charge is 0.370 e. The number of methoxy groups -OCH3 is 1. The highest BCUT2D eigenvalue weighted by atomic mass is 19.1. The van der Waals surface area contributed by atoms with Crippen LogP contribution in [0.4, 0.5) is 4.39 Å². The SMILES string of the molecule is C#C.C=C1c2ccc(CCCC)cc2CN1C[C@@](NCOC)(C(=O)NC)C1=CCC=C(F)C=C1. The number of carbonyl (C=O) groups is 1. The number of aryl methyl sites for hydroxylation is 1. The van der Waals surface area contributed by atoms with E-state index in [1.807, 2.05) is 6.08 Å². The zero-order chi connectivity index (χ0) is 25.1. The van der Waals surface area contributed by atoms with Crippen molar-refractivity contribution in [1.29, 1.82) is 0 Å². The van der Waals surface area contributed by atoms with Crippen molar-refractivity contribution in [3.63, 3.8) is 0 Å². The minimum absolute atomic E-state index is 0.170. The third-order valence-corrected chi connectivity index (χ3v) is 6.17. The van der Waals surface area contributed by atoms with Crippen molar-refractivity contribution in [3.05, 3.63) is 77.2 Å². The quantitative estimate of drug-likeness (QED) is 0.395. The summed E-state index contributed by atoms with van der Waals surface area (Å²) in [6.07, 6.45) is 18.2. The van der Waals surface area contributed by atoms with E-state index in [4.69, 9.17) is 4.74 Å². The molecule has 6 heteroatoms. The van der Waals surface area contributed by atoms with E-state index in [0.717, 1.165) is 30.5 Å². The van der Waals surface area contributed by atoms with Crippen molar-refractivity contribution in [2.45, 2.75) is 44.7 Å². The zero-order valence-electron chi connectivity index (χ0n) is 20.5. The second-order valence-electron chi connectivity index (χ2n) is 8.31. The minimum atomic E-state index is -1.13. The number of nitrogens with one attached hydrogen (secondary N) is 2. The van der Waals surface area contributed by atoms with Crippen LogP contribution in [0.1, 0.15) is 42.9 Å². The normalized spacial score (nSPS) is 16.4. The van der Waals surface area contributed by atoms with Crippen LogP contribution in [0.3, 0.4) is 0 Å². The molecule has 0 saturated heterocycles. The summed E-state index contributed by atoms with van der Waals surface area (Å²) in [6, 6.07) is 6.56. The van der Waals surface area contributed by atoms with Gasteiger partial charge in [0.15, 0.2) is 0 Å². The van der Waals surface area contributed by atoms with Crippen molar-refractivity contribution < 1.29 is 13.9 Å². The smallest absolute Gasteiger partial charge is 0.246 e. The fraction of sp³-hybridized carbons (Fsp3) is 0.393. The van der Waals surface area contributed by atoms with Crippen LogP contribution in [-0.2, 0) is 22.5 Å². The summed E-state index contributed by atoms with van der Waals surface area (Å²) in [7, 11) is 3.18. The number of amides is 1. The molecule has 1 heterocycles. The predicted molar refractivity (Wildman–Crippen MR) is 137 cm³/mol. The van der Waals surface area contributed by atoms with Crippen LogP contribution >= 0.6 is 0 Å². The number of benzene rings is 1. The second-order valence-corrected chi connectivity index (χ2v) is 8.31. The van der Waals surface area contributed by atoms with Crippen molar-refractivity contribution in [3.8, 4) is 12.8 Å². The molecule has 182 valence electrons.